The van der Waals surface area contributed by atoms with E-state index in [1.807, 2.05) is 23.6 Å². The van der Waals surface area contributed by atoms with E-state index in [1.165, 1.54) is 0 Å². The van der Waals surface area contributed by atoms with Crippen LogP contribution in [0.4, 0.5) is 0 Å². The standard InChI is InChI=1S/C11H10BrNO2S/c1-14-10-6-8(12)2-3-9(10)15-7-11-13-4-5-16-11/h2-6H,7H2,1H3. The number of nitrogens with zero attached hydrogens (tertiary/aromatic N) is 1. The second-order valence-corrected chi connectivity index (χ2v) is 4.90. The van der Waals surface area contributed by atoms with Gasteiger partial charge in [0, 0.05) is 16.0 Å². The van der Waals surface area contributed by atoms with Gasteiger partial charge in [-0.3, -0.25) is 0 Å². The van der Waals surface area contributed by atoms with Crippen LogP contribution < -0.4 is 9.47 Å². The molecule has 16 heavy (non-hydrogen) atoms. The number of ether oxygens (including phenoxy) is 2. The van der Waals surface area contributed by atoms with Crippen molar-refractivity contribution in [2.45, 2.75) is 6.61 Å². The lowest BCUT2D eigenvalue weighted by Gasteiger charge is -2.09. The van der Waals surface area contributed by atoms with E-state index in [0.717, 1.165) is 15.2 Å². The number of halogens is 1. The zero-order valence-corrected chi connectivity index (χ0v) is 11.0. The molecule has 0 N–H and O–H groups in total. The number of aromatic nitrogens is 1. The average molecular weight is 300 g/mol. The third-order valence-corrected chi connectivity index (χ3v) is 3.21. The van der Waals surface area contributed by atoms with Crippen molar-refractivity contribution >= 4 is 27.3 Å². The molecule has 0 fully saturated rings. The smallest absolute Gasteiger partial charge is 0.161 e. The van der Waals surface area contributed by atoms with E-state index in [9.17, 15) is 0 Å². The van der Waals surface area contributed by atoms with Crippen molar-refractivity contribution in [1.29, 1.82) is 0 Å². The van der Waals surface area contributed by atoms with Gasteiger partial charge < -0.3 is 9.47 Å². The fourth-order valence-corrected chi connectivity index (χ4v) is 2.09. The highest BCUT2D eigenvalue weighted by Gasteiger charge is 2.05. The summed E-state index contributed by atoms with van der Waals surface area (Å²) in [6.45, 7) is 0.468. The van der Waals surface area contributed by atoms with Crippen LogP contribution in [0.15, 0.2) is 34.2 Å². The van der Waals surface area contributed by atoms with Crippen molar-refractivity contribution in [2.24, 2.45) is 0 Å². The van der Waals surface area contributed by atoms with E-state index in [2.05, 4.69) is 20.9 Å². The molecule has 2 rings (SSSR count). The molecule has 1 aromatic carbocycles. The monoisotopic (exact) mass is 299 g/mol. The normalized spacial score (nSPS) is 10.1. The Balaban J connectivity index is 2.09. The third-order valence-electron chi connectivity index (χ3n) is 1.96. The van der Waals surface area contributed by atoms with Crippen molar-refractivity contribution < 1.29 is 9.47 Å². The summed E-state index contributed by atoms with van der Waals surface area (Å²) >= 11 is 4.95. The Labute approximate surface area is 106 Å². The van der Waals surface area contributed by atoms with Crippen LogP contribution in [0.3, 0.4) is 0 Å². The van der Waals surface area contributed by atoms with Crippen LogP contribution in [0.1, 0.15) is 5.01 Å². The van der Waals surface area contributed by atoms with E-state index in [1.54, 1.807) is 24.6 Å². The Morgan fingerprint density at radius 3 is 2.94 bits per heavy atom. The molecule has 0 amide bonds. The van der Waals surface area contributed by atoms with Gasteiger partial charge in [-0.15, -0.1) is 11.3 Å². The summed E-state index contributed by atoms with van der Waals surface area (Å²) in [5.74, 6) is 1.44. The molecule has 5 heteroatoms. The minimum atomic E-state index is 0.468. The molecule has 3 nitrogen and oxygen atoms in total. The molecular weight excluding hydrogens is 290 g/mol. The lowest BCUT2D eigenvalue weighted by molar-refractivity contribution is 0.284. The van der Waals surface area contributed by atoms with Gasteiger partial charge in [0.25, 0.3) is 0 Å². The largest absolute Gasteiger partial charge is 0.493 e. The minimum Gasteiger partial charge on any atom is -0.493 e. The van der Waals surface area contributed by atoms with Crippen LogP contribution in [0.25, 0.3) is 0 Å². The van der Waals surface area contributed by atoms with E-state index < -0.39 is 0 Å². The fourth-order valence-electron chi connectivity index (χ4n) is 1.22. The molecule has 1 heterocycles. The van der Waals surface area contributed by atoms with E-state index in [0.29, 0.717) is 12.4 Å². The summed E-state index contributed by atoms with van der Waals surface area (Å²) in [7, 11) is 1.62. The maximum atomic E-state index is 5.63. The number of hydrogen-bond acceptors (Lipinski definition) is 4. The summed E-state index contributed by atoms with van der Waals surface area (Å²) < 4.78 is 11.8. The van der Waals surface area contributed by atoms with E-state index in [-0.39, 0.29) is 0 Å². The molecule has 0 saturated heterocycles. The van der Waals surface area contributed by atoms with Crippen LogP contribution in [0.5, 0.6) is 11.5 Å². The third kappa shape index (κ3) is 2.74. The summed E-state index contributed by atoms with van der Waals surface area (Å²) in [4.78, 5) is 4.15. The summed E-state index contributed by atoms with van der Waals surface area (Å²) in [5, 5.41) is 2.88. The predicted octanol–water partition coefficient (Wildman–Crippen LogP) is 3.49. The molecule has 0 atom stereocenters. The number of thiazole rings is 1. The molecule has 0 radical (unpaired) electrons. The Morgan fingerprint density at radius 2 is 2.25 bits per heavy atom. The van der Waals surface area contributed by atoms with Crippen molar-refractivity contribution in [3.8, 4) is 11.5 Å². The number of hydrogen-bond donors (Lipinski definition) is 0. The molecule has 0 aliphatic carbocycles. The zero-order valence-electron chi connectivity index (χ0n) is 8.64. The number of methoxy groups -OCH3 is 1. The summed E-state index contributed by atoms with van der Waals surface area (Å²) in [6, 6.07) is 5.66. The van der Waals surface area contributed by atoms with Crippen molar-refractivity contribution in [3.05, 3.63) is 39.3 Å². The van der Waals surface area contributed by atoms with Crippen LogP contribution >= 0.6 is 27.3 Å². The first-order valence-corrected chi connectivity index (χ1v) is 6.31. The second kappa shape index (κ2) is 5.32. The van der Waals surface area contributed by atoms with Gasteiger partial charge in [-0.1, -0.05) is 15.9 Å². The van der Waals surface area contributed by atoms with Crippen molar-refractivity contribution in [2.75, 3.05) is 7.11 Å². The topological polar surface area (TPSA) is 31.4 Å². The van der Waals surface area contributed by atoms with E-state index in [4.69, 9.17) is 9.47 Å². The molecule has 0 aliphatic heterocycles. The first-order valence-electron chi connectivity index (χ1n) is 4.64. The molecule has 1 aromatic heterocycles. The molecule has 0 unspecified atom stereocenters. The van der Waals surface area contributed by atoms with E-state index >= 15 is 0 Å². The van der Waals surface area contributed by atoms with Gasteiger partial charge in [-0.05, 0) is 18.2 Å². The molecule has 0 saturated carbocycles. The average Bonchev–Trinajstić information content (AvgIpc) is 2.80. The number of benzene rings is 1. The Morgan fingerprint density at radius 1 is 1.38 bits per heavy atom. The van der Waals surface area contributed by atoms with Crippen LogP contribution in [0.2, 0.25) is 0 Å². The maximum Gasteiger partial charge on any atom is 0.161 e. The molecule has 0 spiro atoms. The minimum absolute atomic E-state index is 0.468. The molecule has 2 aromatic rings. The highest BCUT2D eigenvalue weighted by atomic mass is 79.9. The Kier molecular flexibility index (Phi) is 3.79. The Bertz CT molecular complexity index is 459. The van der Waals surface area contributed by atoms with Gasteiger partial charge in [-0.25, -0.2) is 4.98 Å². The quantitative estimate of drug-likeness (QED) is 0.866. The molecule has 0 bridgehead atoms. The van der Waals surface area contributed by atoms with Crippen LogP contribution in [0, 0.1) is 0 Å². The molecular formula is C11H10BrNO2S. The summed E-state index contributed by atoms with van der Waals surface area (Å²) in [5.41, 5.74) is 0. The maximum absolute atomic E-state index is 5.63. The lowest BCUT2D eigenvalue weighted by atomic mass is 10.3. The highest BCUT2D eigenvalue weighted by molar-refractivity contribution is 9.10. The number of rotatable bonds is 4. The van der Waals surface area contributed by atoms with Gasteiger partial charge in [0.1, 0.15) is 11.6 Å². The zero-order chi connectivity index (χ0) is 11.4. The van der Waals surface area contributed by atoms with Crippen LogP contribution in [-0.2, 0) is 6.61 Å². The van der Waals surface area contributed by atoms with Gasteiger partial charge in [-0.2, -0.15) is 0 Å². The summed E-state index contributed by atoms with van der Waals surface area (Å²) in [6.07, 6.45) is 1.77. The van der Waals surface area contributed by atoms with Gasteiger partial charge in [0.2, 0.25) is 0 Å². The Hall–Kier alpha value is -1.07. The molecule has 0 aliphatic rings. The molecule has 84 valence electrons. The van der Waals surface area contributed by atoms with Crippen LogP contribution in [-0.4, -0.2) is 12.1 Å². The van der Waals surface area contributed by atoms with Gasteiger partial charge in [0.05, 0.1) is 7.11 Å². The first kappa shape index (κ1) is 11.4. The SMILES string of the molecule is COc1cc(Br)ccc1OCc1nccs1. The van der Waals surface area contributed by atoms with Gasteiger partial charge in [0.15, 0.2) is 11.5 Å². The fraction of sp³-hybridized carbons (Fsp3) is 0.182. The predicted molar refractivity (Wildman–Crippen MR) is 67.1 cm³/mol. The first-order chi connectivity index (χ1) is 7.79. The lowest BCUT2D eigenvalue weighted by Crippen LogP contribution is -1.96. The highest BCUT2D eigenvalue weighted by Crippen LogP contribution is 2.30. The van der Waals surface area contributed by atoms with Crippen molar-refractivity contribution in [1.82, 2.24) is 4.98 Å². The van der Waals surface area contributed by atoms with Gasteiger partial charge >= 0.3 is 0 Å². The van der Waals surface area contributed by atoms with Crippen molar-refractivity contribution in [3.63, 3.8) is 0 Å². The second-order valence-electron chi connectivity index (χ2n) is 3.01.